The number of carboxylic acids is 1. The Balaban J connectivity index is 2.72. The van der Waals surface area contributed by atoms with E-state index in [-0.39, 0.29) is 18.7 Å². The Morgan fingerprint density at radius 1 is 1.37 bits per heavy atom. The summed E-state index contributed by atoms with van der Waals surface area (Å²) in [6.45, 7) is 0.426. The van der Waals surface area contributed by atoms with E-state index in [4.69, 9.17) is 9.84 Å². The van der Waals surface area contributed by atoms with E-state index in [2.05, 4.69) is 10.0 Å². The zero-order valence-electron chi connectivity index (χ0n) is 10.6. The predicted octanol–water partition coefficient (Wildman–Crippen LogP) is 0.354. The van der Waals surface area contributed by atoms with Gasteiger partial charge in [-0.05, 0) is 12.1 Å². The van der Waals surface area contributed by atoms with Gasteiger partial charge >= 0.3 is 5.97 Å². The molecule has 0 saturated heterocycles. The summed E-state index contributed by atoms with van der Waals surface area (Å²) in [5, 5.41) is 11.9. The summed E-state index contributed by atoms with van der Waals surface area (Å²) in [5.41, 5.74) is 0.474. The quantitative estimate of drug-likeness (QED) is 0.625. The average molecular weight is 288 g/mol. The van der Waals surface area contributed by atoms with E-state index in [0.717, 1.165) is 6.26 Å². The van der Waals surface area contributed by atoms with Crippen molar-refractivity contribution in [2.45, 2.75) is 0 Å². The van der Waals surface area contributed by atoms with E-state index in [0.29, 0.717) is 11.4 Å². The summed E-state index contributed by atoms with van der Waals surface area (Å²) < 4.78 is 29.0. The van der Waals surface area contributed by atoms with Crippen LogP contribution in [0.25, 0.3) is 0 Å². The van der Waals surface area contributed by atoms with Crippen LogP contribution in [-0.2, 0) is 10.0 Å². The molecule has 0 fully saturated rings. The fraction of sp³-hybridized carbons (Fsp3) is 0.364. The second-order valence-corrected chi connectivity index (χ2v) is 5.64. The minimum absolute atomic E-state index is 0.0974. The van der Waals surface area contributed by atoms with E-state index in [1.54, 1.807) is 12.1 Å². The summed E-state index contributed by atoms with van der Waals surface area (Å²) in [7, 11) is -1.77. The molecule has 1 aromatic carbocycles. The van der Waals surface area contributed by atoms with Gasteiger partial charge in [0.05, 0.1) is 24.6 Å². The Morgan fingerprint density at radius 3 is 2.58 bits per heavy atom. The lowest BCUT2D eigenvalue weighted by Crippen LogP contribution is -2.27. The molecule has 0 amide bonds. The van der Waals surface area contributed by atoms with E-state index in [1.807, 2.05) is 0 Å². The van der Waals surface area contributed by atoms with Crippen molar-refractivity contribution in [1.29, 1.82) is 0 Å². The van der Waals surface area contributed by atoms with Crippen LogP contribution in [0, 0.1) is 0 Å². The number of methoxy groups -OCH3 is 1. The lowest BCUT2D eigenvalue weighted by molar-refractivity contribution is 0.0698. The number of anilines is 1. The van der Waals surface area contributed by atoms with Gasteiger partial charge in [0.25, 0.3) is 0 Å². The lowest BCUT2D eigenvalue weighted by atomic mass is 10.1. The number of carbonyl (C=O) groups is 1. The molecule has 7 nitrogen and oxygen atoms in total. The van der Waals surface area contributed by atoms with Crippen molar-refractivity contribution >= 4 is 21.7 Å². The first-order valence-corrected chi connectivity index (χ1v) is 7.32. The number of hydrogen-bond donors (Lipinski definition) is 3. The SMILES string of the molecule is COc1ccc(C(=O)O)c(NCCNS(C)(=O)=O)c1. The maximum atomic E-state index is 11.0. The fourth-order valence-corrected chi connectivity index (χ4v) is 1.89. The highest BCUT2D eigenvalue weighted by molar-refractivity contribution is 7.88. The van der Waals surface area contributed by atoms with Crippen LogP contribution in [0.3, 0.4) is 0 Å². The van der Waals surface area contributed by atoms with Gasteiger partial charge in [0.15, 0.2) is 0 Å². The monoisotopic (exact) mass is 288 g/mol. The Hall–Kier alpha value is -1.80. The first-order chi connectivity index (χ1) is 8.83. The van der Waals surface area contributed by atoms with Gasteiger partial charge in [-0.3, -0.25) is 0 Å². The number of aromatic carboxylic acids is 1. The van der Waals surface area contributed by atoms with Gasteiger partial charge in [-0.25, -0.2) is 17.9 Å². The third-order valence-corrected chi connectivity index (χ3v) is 2.99. The molecule has 0 saturated carbocycles. The van der Waals surface area contributed by atoms with Crippen molar-refractivity contribution in [3.05, 3.63) is 23.8 Å². The predicted molar refractivity (Wildman–Crippen MR) is 71.3 cm³/mol. The van der Waals surface area contributed by atoms with E-state index in [1.165, 1.54) is 13.2 Å². The standard InChI is InChI=1S/C11H16N2O5S/c1-18-8-3-4-9(11(14)15)10(7-8)12-5-6-13-19(2,16)17/h3-4,7,12-13H,5-6H2,1-2H3,(H,14,15). The smallest absolute Gasteiger partial charge is 0.337 e. The molecule has 0 unspecified atom stereocenters. The van der Waals surface area contributed by atoms with Crippen molar-refractivity contribution in [3.8, 4) is 5.75 Å². The van der Waals surface area contributed by atoms with Crippen molar-refractivity contribution in [2.24, 2.45) is 0 Å². The molecule has 0 bridgehead atoms. The molecule has 106 valence electrons. The van der Waals surface area contributed by atoms with E-state index in [9.17, 15) is 13.2 Å². The van der Waals surface area contributed by atoms with Crippen LogP contribution in [0.1, 0.15) is 10.4 Å². The van der Waals surface area contributed by atoms with E-state index < -0.39 is 16.0 Å². The summed E-state index contributed by atoms with van der Waals surface area (Å²) in [4.78, 5) is 11.0. The van der Waals surface area contributed by atoms with Gasteiger partial charge in [-0.15, -0.1) is 0 Å². The summed E-state index contributed by atoms with van der Waals surface area (Å²) in [6.07, 6.45) is 1.06. The maximum absolute atomic E-state index is 11.0. The topological polar surface area (TPSA) is 105 Å². The molecule has 3 N–H and O–H groups in total. The average Bonchev–Trinajstić information content (AvgIpc) is 2.33. The zero-order chi connectivity index (χ0) is 14.5. The van der Waals surface area contributed by atoms with Crippen LogP contribution in [0.2, 0.25) is 0 Å². The third kappa shape index (κ3) is 5.14. The number of carboxylic acid groups (broad SMARTS) is 1. The highest BCUT2D eigenvalue weighted by Gasteiger charge is 2.10. The van der Waals surface area contributed by atoms with Gasteiger partial charge in [0, 0.05) is 19.2 Å². The molecule has 0 spiro atoms. The molecule has 0 aliphatic rings. The Bertz CT molecular complexity index is 556. The molecule has 0 heterocycles. The summed E-state index contributed by atoms with van der Waals surface area (Å²) >= 11 is 0. The van der Waals surface area contributed by atoms with Crippen LogP contribution < -0.4 is 14.8 Å². The molecule has 0 atom stereocenters. The number of sulfonamides is 1. The van der Waals surface area contributed by atoms with E-state index >= 15 is 0 Å². The van der Waals surface area contributed by atoms with Crippen molar-refractivity contribution in [2.75, 3.05) is 31.8 Å². The minimum atomic E-state index is -3.25. The molecule has 0 aliphatic heterocycles. The first-order valence-electron chi connectivity index (χ1n) is 5.43. The summed E-state index contributed by atoms with van der Waals surface area (Å²) in [6, 6.07) is 4.51. The van der Waals surface area contributed by atoms with Gasteiger partial charge in [-0.2, -0.15) is 0 Å². The van der Waals surface area contributed by atoms with Crippen LogP contribution in [0.4, 0.5) is 5.69 Å². The molecule has 0 aliphatic carbocycles. The molecule has 8 heteroatoms. The van der Waals surface area contributed by atoms with Crippen LogP contribution in [0.5, 0.6) is 5.75 Å². The van der Waals surface area contributed by atoms with Crippen LogP contribution in [-0.4, -0.2) is 45.9 Å². The molecule has 0 aromatic heterocycles. The van der Waals surface area contributed by atoms with Crippen LogP contribution in [0.15, 0.2) is 18.2 Å². The number of hydrogen-bond acceptors (Lipinski definition) is 5. The minimum Gasteiger partial charge on any atom is -0.497 e. The normalized spacial score (nSPS) is 11.1. The Kier molecular flexibility index (Phi) is 5.13. The number of benzene rings is 1. The highest BCUT2D eigenvalue weighted by Crippen LogP contribution is 2.22. The van der Waals surface area contributed by atoms with Gasteiger partial charge in [0.2, 0.25) is 10.0 Å². The van der Waals surface area contributed by atoms with Gasteiger partial charge < -0.3 is 15.2 Å². The first kappa shape index (κ1) is 15.3. The number of nitrogens with one attached hydrogen (secondary N) is 2. The third-order valence-electron chi connectivity index (χ3n) is 2.26. The second kappa shape index (κ2) is 6.39. The van der Waals surface area contributed by atoms with Crippen molar-refractivity contribution in [3.63, 3.8) is 0 Å². The molecule has 1 aromatic rings. The molecule has 1 rings (SSSR count). The molecule has 19 heavy (non-hydrogen) atoms. The number of ether oxygens (including phenoxy) is 1. The Morgan fingerprint density at radius 2 is 2.05 bits per heavy atom. The second-order valence-electron chi connectivity index (χ2n) is 3.81. The maximum Gasteiger partial charge on any atom is 0.337 e. The molecule has 0 radical (unpaired) electrons. The number of rotatable bonds is 7. The fourth-order valence-electron chi connectivity index (χ4n) is 1.42. The van der Waals surface area contributed by atoms with Gasteiger partial charge in [-0.1, -0.05) is 0 Å². The van der Waals surface area contributed by atoms with Crippen molar-refractivity contribution < 1.29 is 23.1 Å². The lowest BCUT2D eigenvalue weighted by Gasteiger charge is -2.11. The highest BCUT2D eigenvalue weighted by atomic mass is 32.2. The largest absolute Gasteiger partial charge is 0.497 e. The Labute approximate surface area is 111 Å². The summed E-state index contributed by atoms with van der Waals surface area (Å²) in [5.74, 6) is -0.551. The zero-order valence-corrected chi connectivity index (χ0v) is 11.5. The van der Waals surface area contributed by atoms with Gasteiger partial charge in [0.1, 0.15) is 5.75 Å². The van der Waals surface area contributed by atoms with Crippen molar-refractivity contribution in [1.82, 2.24) is 4.72 Å². The molecular weight excluding hydrogens is 272 g/mol. The molecular formula is C11H16N2O5S. The van der Waals surface area contributed by atoms with Crippen LogP contribution >= 0.6 is 0 Å².